The summed E-state index contributed by atoms with van der Waals surface area (Å²) in [6, 6.07) is 2.10. The normalized spacial score (nSPS) is 14.9. The van der Waals surface area contributed by atoms with Crippen molar-refractivity contribution in [3.05, 3.63) is 34.8 Å². The van der Waals surface area contributed by atoms with E-state index in [0.29, 0.717) is 12.6 Å². The van der Waals surface area contributed by atoms with Gasteiger partial charge >= 0.3 is 0 Å². The molecule has 0 unspecified atom stereocenters. The van der Waals surface area contributed by atoms with Crippen molar-refractivity contribution in [2.75, 3.05) is 5.32 Å². The fourth-order valence-corrected chi connectivity index (χ4v) is 2.36. The Morgan fingerprint density at radius 3 is 2.86 bits per heavy atom. The lowest BCUT2D eigenvalue weighted by atomic mass is 9.93. The minimum absolute atomic E-state index is 0.120. The number of nitrogens with zero attached hydrogens (tertiary/aromatic N) is 5. The SMILES string of the molecule is CCCn1ncnc1Cn1ncc(NC2CCC2)cc1=O. The number of hydrogen-bond donors (Lipinski definition) is 1. The van der Waals surface area contributed by atoms with Gasteiger partial charge in [0.2, 0.25) is 0 Å². The highest BCUT2D eigenvalue weighted by Crippen LogP contribution is 2.21. The molecule has 7 nitrogen and oxygen atoms in total. The van der Waals surface area contributed by atoms with E-state index in [2.05, 4.69) is 27.4 Å². The zero-order valence-corrected chi connectivity index (χ0v) is 12.2. The third-order valence-corrected chi connectivity index (χ3v) is 3.77. The molecule has 1 aliphatic carbocycles. The van der Waals surface area contributed by atoms with Crippen molar-refractivity contribution in [1.82, 2.24) is 24.5 Å². The predicted octanol–water partition coefficient (Wildman–Crippen LogP) is 1.26. The van der Waals surface area contributed by atoms with Crippen LogP contribution in [0.15, 0.2) is 23.4 Å². The number of rotatable bonds is 6. The fourth-order valence-electron chi connectivity index (χ4n) is 2.36. The van der Waals surface area contributed by atoms with Crippen LogP contribution in [0.1, 0.15) is 38.4 Å². The highest BCUT2D eigenvalue weighted by molar-refractivity contribution is 5.40. The van der Waals surface area contributed by atoms with Gasteiger partial charge in [-0.25, -0.2) is 14.3 Å². The lowest BCUT2D eigenvalue weighted by molar-refractivity contribution is 0.445. The van der Waals surface area contributed by atoms with Crippen molar-refractivity contribution >= 4 is 5.69 Å². The Bertz CT molecular complexity index is 657. The van der Waals surface area contributed by atoms with Gasteiger partial charge in [0.15, 0.2) is 0 Å². The molecule has 0 aliphatic heterocycles. The van der Waals surface area contributed by atoms with Gasteiger partial charge in [-0.05, 0) is 25.7 Å². The van der Waals surface area contributed by atoms with E-state index in [4.69, 9.17) is 0 Å². The molecule has 7 heteroatoms. The maximum absolute atomic E-state index is 12.1. The Kier molecular flexibility index (Phi) is 3.98. The summed E-state index contributed by atoms with van der Waals surface area (Å²) >= 11 is 0. The van der Waals surface area contributed by atoms with Crippen LogP contribution in [0, 0.1) is 0 Å². The molecular weight excluding hydrogens is 268 g/mol. The molecule has 0 saturated heterocycles. The van der Waals surface area contributed by atoms with Crippen LogP contribution in [0.25, 0.3) is 0 Å². The van der Waals surface area contributed by atoms with Crippen LogP contribution in [0.5, 0.6) is 0 Å². The summed E-state index contributed by atoms with van der Waals surface area (Å²) < 4.78 is 3.23. The Morgan fingerprint density at radius 1 is 1.33 bits per heavy atom. The number of anilines is 1. The van der Waals surface area contributed by atoms with Crippen molar-refractivity contribution in [2.24, 2.45) is 0 Å². The van der Waals surface area contributed by atoms with E-state index in [9.17, 15) is 4.79 Å². The predicted molar refractivity (Wildman–Crippen MR) is 79.2 cm³/mol. The van der Waals surface area contributed by atoms with Gasteiger partial charge in [-0.3, -0.25) is 4.79 Å². The molecule has 112 valence electrons. The molecule has 0 atom stereocenters. The van der Waals surface area contributed by atoms with Gasteiger partial charge in [0.1, 0.15) is 18.7 Å². The Morgan fingerprint density at radius 2 is 2.19 bits per heavy atom. The van der Waals surface area contributed by atoms with Crippen molar-refractivity contribution in [3.63, 3.8) is 0 Å². The van der Waals surface area contributed by atoms with E-state index in [1.165, 1.54) is 30.3 Å². The van der Waals surface area contributed by atoms with Crippen LogP contribution in [0.2, 0.25) is 0 Å². The summed E-state index contributed by atoms with van der Waals surface area (Å²) in [7, 11) is 0. The molecule has 21 heavy (non-hydrogen) atoms. The molecule has 0 spiro atoms. The highest BCUT2D eigenvalue weighted by Gasteiger charge is 2.17. The first-order valence-corrected chi connectivity index (χ1v) is 7.46. The molecule has 1 aliphatic rings. The maximum atomic E-state index is 12.1. The second kappa shape index (κ2) is 6.07. The van der Waals surface area contributed by atoms with E-state index in [1.807, 2.05) is 4.68 Å². The van der Waals surface area contributed by atoms with Crippen LogP contribution in [-0.2, 0) is 13.1 Å². The van der Waals surface area contributed by atoms with Gasteiger partial charge in [-0.15, -0.1) is 0 Å². The molecular formula is C14H20N6O. The van der Waals surface area contributed by atoms with Gasteiger partial charge in [0.25, 0.3) is 5.56 Å². The van der Waals surface area contributed by atoms with E-state index in [0.717, 1.165) is 24.5 Å². The summed E-state index contributed by atoms with van der Waals surface area (Å²) in [5, 5.41) is 11.7. The first kappa shape index (κ1) is 13.8. The first-order chi connectivity index (χ1) is 10.3. The van der Waals surface area contributed by atoms with Crippen LogP contribution in [0.4, 0.5) is 5.69 Å². The van der Waals surface area contributed by atoms with E-state index in [1.54, 1.807) is 12.3 Å². The highest BCUT2D eigenvalue weighted by atomic mass is 16.1. The van der Waals surface area contributed by atoms with E-state index < -0.39 is 0 Å². The summed E-state index contributed by atoms with van der Waals surface area (Å²) in [5.41, 5.74) is 0.682. The van der Waals surface area contributed by atoms with Crippen molar-refractivity contribution in [2.45, 2.75) is 51.7 Å². The van der Waals surface area contributed by atoms with Gasteiger partial charge in [0.05, 0.1) is 11.9 Å². The molecule has 0 radical (unpaired) electrons. The molecule has 1 saturated carbocycles. The van der Waals surface area contributed by atoms with Crippen molar-refractivity contribution in [1.29, 1.82) is 0 Å². The molecule has 1 N–H and O–H groups in total. The average molecular weight is 288 g/mol. The summed E-state index contributed by atoms with van der Waals surface area (Å²) in [5.74, 6) is 0.756. The molecule has 2 heterocycles. The third kappa shape index (κ3) is 3.12. The van der Waals surface area contributed by atoms with Crippen LogP contribution in [0.3, 0.4) is 0 Å². The fraction of sp³-hybridized carbons (Fsp3) is 0.571. The zero-order valence-electron chi connectivity index (χ0n) is 12.2. The summed E-state index contributed by atoms with van der Waals surface area (Å²) in [6.45, 7) is 3.23. The topological polar surface area (TPSA) is 77.6 Å². The van der Waals surface area contributed by atoms with Crippen LogP contribution in [-0.4, -0.2) is 30.6 Å². The minimum atomic E-state index is -0.120. The number of nitrogens with one attached hydrogen (secondary N) is 1. The van der Waals surface area contributed by atoms with Crippen LogP contribution < -0.4 is 10.9 Å². The average Bonchev–Trinajstić information content (AvgIpc) is 2.85. The number of hydrogen-bond acceptors (Lipinski definition) is 5. The zero-order chi connectivity index (χ0) is 14.7. The molecule has 2 aromatic heterocycles. The lowest BCUT2D eigenvalue weighted by Crippen LogP contribution is -2.29. The van der Waals surface area contributed by atoms with E-state index >= 15 is 0 Å². The van der Waals surface area contributed by atoms with Gasteiger partial charge in [-0.2, -0.15) is 10.2 Å². The number of aryl methyl sites for hydroxylation is 1. The molecule has 3 rings (SSSR count). The molecule has 1 fully saturated rings. The molecule has 2 aromatic rings. The van der Waals surface area contributed by atoms with E-state index in [-0.39, 0.29) is 5.56 Å². The van der Waals surface area contributed by atoms with Crippen molar-refractivity contribution < 1.29 is 0 Å². The summed E-state index contributed by atoms with van der Waals surface area (Å²) in [6.07, 6.45) is 7.80. The smallest absolute Gasteiger partial charge is 0.269 e. The Hall–Kier alpha value is -2.18. The lowest BCUT2D eigenvalue weighted by Gasteiger charge is -2.27. The van der Waals surface area contributed by atoms with Gasteiger partial charge < -0.3 is 5.32 Å². The quantitative estimate of drug-likeness (QED) is 0.865. The summed E-state index contributed by atoms with van der Waals surface area (Å²) in [4.78, 5) is 16.3. The Balaban J connectivity index is 1.73. The first-order valence-electron chi connectivity index (χ1n) is 7.46. The van der Waals surface area contributed by atoms with Gasteiger partial charge in [0, 0.05) is 18.7 Å². The number of aromatic nitrogens is 5. The van der Waals surface area contributed by atoms with Gasteiger partial charge in [-0.1, -0.05) is 6.92 Å². The molecule has 0 bridgehead atoms. The second-order valence-electron chi connectivity index (χ2n) is 5.41. The van der Waals surface area contributed by atoms with Crippen LogP contribution >= 0.6 is 0 Å². The monoisotopic (exact) mass is 288 g/mol. The largest absolute Gasteiger partial charge is 0.381 e. The standard InChI is InChI=1S/C14H20N6O/c1-2-6-19-13(15-10-17-19)9-20-14(21)7-12(8-16-20)18-11-4-3-5-11/h7-8,10-11,18H,2-6,9H2,1H3. The molecule has 0 amide bonds. The molecule has 0 aromatic carbocycles. The minimum Gasteiger partial charge on any atom is -0.381 e. The second-order valence-corrected chi connectivity index (χ2v) is 5.41. The van der Waals surface area contributed by atoms with Crippen molar-refractivity contribution in [3.8, 4) is 0 Å². The maximum Gasteiger partial charge on any atom is 0.269 e. The third-order valence-electron chi connectivity index (χ3n) is 3.77. The Labute approximate surface area is 123 Å².